The SMILES string of the molecule is CCCC(=O)C1=C(N)C2C=C(C(=O)O)C(=O)NC2S1. The van der Waals surface area contributed by atoms with Crippen LogP contribution in [0.25, 0.3) is 0 Å². The minimum absolute atomic E-state index is 0.0566. The molecule has 0 aromatic rings. The van der Waals surface area contributed by atoms with E-state index in [0.717, 1.165) is 0 Å². The Morgan fingerprint density at radius 3 is 2.79 bits per heavy atom. The van der Waals surface area contributed by atoms with Crippen LogP contribution in [0.15, 0.2) is 22.3 Å². The number of allylic oxidation sites excluding steroid dienone is 1. The highest BCUT2D eigenvalue weighted by Gasteiger charge is 2.41. The fraction of sp³-hybridized carbons (Fsp3) is 0.417. The van der Waals surface area contributed by atoms with Gasteiger partial charge in [0.1, 0.15) is 5.57 Å². The molecule has 2 heterocycles. The van der Waals surface area contributed by atoms with Gasteiger partial charge in [-0.15, -0.1) is 0 Å². The Balaban J connectivity index is 2.31. The van der Waals surface area contributed by atoms with Gasteiger partial charge in [-0.05, 0) is 6.42 Å². The van der Waals surface area contributed by atoms with Crippen LogP contribution in [0.2, 0.25) is 0 Å². The highest BCUT2D eigenvalue weighted by molar-refractivity contribution is 8.04. The number of ketones is 1. The number of carbonyl (C=O) groups is 3. The summed E-state index contributed by atoms with van der Waals surface area (Å²) in [6.07, 6.45) is 2.44. The maximum absolute atomic E-state index is 11.9. The molecule has 1 amide bonds. The van der Waals surface area contributed by atoms with Crippen molar-refractivity contribution in [1.29, 1.82) is 0 Å². The maximum atomic E-state index is 11.9. The molecule has 0 spiro atoms. The van der Waals surface area contributed by atoms with E-state index >= 15 is 0 Å². The molecule has 0 aliphatic carbocycles. The van der Waals surface area contributed by atoms with Gasteiger partial charge in [0.25, 0.3) is 5.91 Å². The van der Waals surface area contributed by atoms with Crippen LogP contribution in [0.1, 0.15) is 19.8 Å². The van der Waals surface area contributed by atoms with E-state index in [2.05, 4.69) is 5.32 Å². The van der Waals surface area contributed by atoms with Crippen molar-refractivity contribution in [2.75, 3.05) is 0 Å². The van der Waals surface area contributed by atoms with Crippen LogP contribution in [0, 0.1) is 5.92 Å². The smallest absolute Gasteiger partial charge is 0.341 e. The van der Waals surface area contributed by atoms with E-state index in [-0.39, 0.29) is 16.7 Å². The lowest BCUT2D eigenvalue weighted by atomic mass is 9.96. The number of hydrogen-bond acceptors (Lipinski definition) is 5. The second-order valence-corrected chi connectivity index (χ2v) is 5.53. The third-order valence-corrected chi connectivity index (χ3v) is 4.38. The number of amides is 1. The van der Waals surface area contributed by atoms with Gasteiger partial charge in [0, 0.05) is 18.0 Å². The topological polar surface area (TPSA) is 109 Å². The zero-order valence-electron chi connectivity index (χ0n) is 10.3. The molecule has 0 bridgehead atoms. The van der Waals surface area contributed by atoms with E-state index in [1.807, 2.05) is 6.92 Å². The molecule has 2 rings (SSSR count). The van der Waals surface area contributed by atoms with Crippen LogP contribution in [0.3, 0.4) is 0 Å². The molecule has 0 aromatic heterocycles. The van der Waals surface area contributed by atoms with Gasteiger partial charge < -0.3 is 16.2 Å². The summed E-state index contributed by atoms with van der Waals surface area (Å²) in [6.45, 7) is 1.89. The number of nitrogens with two attached hydrogens (primary N) is 1. The summed E-state index contributed by atoms with van der Waals surface area (Å²) in [7, 11) is 0. The first kappa shape index (κ1) is 13.7. The highest BCUT2D eigenvalue weighted by Crippen LogP contribution is 2.42. The first-order chi connectivity index (χ1) is 8.95. The van der Waals surface area contributed by atoms with Gasteiger partial charge in [0.05, 0.1) is 10.3 Å². The van der Waals surface area contributed by atoms with E-state index in [1.54, 1.807) is 0 Å². The molecule has 7 heteroatoms. The van der Waals surface area contributed by atoms with Crippen molar-refractivity contribution in [3.05, 3.63) is 22.3 Å². The number of aliphatic carboxylic acids is 1. The second kappa shape index (κ2) is 5.08. The standard InChI is InChI=1S/C12H14N2O4S/c1-2-3-7(15)9-8(13)5-4-6(12(17)18)10(16)14-11(5)19-9/h4-5,11H,2-3,13H2,1H3,(H,14,16)(H,17,18). The molecule has 2 unspecified atom stereocenters. The molecule has 0 saturated heterocycles. The van der Waals surface area contributed by atoms with Crippen LogP contribution in [-0.4, -0.2) is 28.1 Å². The quantitative estimate of drug-likeness (QED) is 0.642. The molecule has 0 radical (unpaired) electrons. The lowest BCUT2D eigenvalue weighted by molar-refractivity contribution is -0.135. The summed E-state index contributed by atoms with van der Waals surface area (Å²) in [5.74, 6) is -2.41. The lowest BCUT2D eigenvalue weighted by Crippen LogP contribution is -2.43. The van der Waals surface area contributed by atoms with Crippen LogP contribution in [0.4, 0.5) is 0 Å². The monoisotopic (exact) mass is 282 g/mol. The molecule has 0 aromatic carbocycles. The van der Waals surface area contributed by atoms with Crippen LogP contribution in [0.5, 0.6) is 0 Å². The Morgan fingerprint density at radius 2 is 2.21 bits per heavy atom. The van der Waals surface area contributed by atoms with Crippen LogP contribution < -0.4 is 11.1 Å². The van der Waals surface area contributed by atoms with E-state index in [4.69, 9.17) is 10.8 Å². The molecule has 19 heavy (non-hydrogen) atoms. The number of Topliss-reactive ketones (excluding diaryl/α,β-unsaturated/α-hetero) is 1. The lowest BCUT2D eigenvalue weighted by Gasteiger charge is -2.23. The summed E-state index contributed by atoms with van der Waals surface area (Å²) in [5.41, 5.74) is 5.95. The zero-order valence-corrected chi connectivity index (χ0v) is 11.1. The molecule has 102 valence electrons. The molecular formula is C12H14N2O4S. The predicted octanol–water partition coefficient (Wildman–Crippen LogP) is 0.356. The molecule has 6 nitrogen and oxygen atoms in total. The number of hydrogen-bond donors (Lipinski definition) is 3. The predicted molar refractivity (Wildman–Crippen MR) is 69.9 cm³/mol. The Hall–Kier alpha value is -1.76. The molecule has 0 fully saturated rings. The maximum Gasteiger partial charge on any atom is 0.341 e. The molecular weight excluding hydrogens is 268 g/mol. The van der Waals surface area contributed by atoms with E-state index in [0.29, 0.717) is 23.4 Å². The Kier molecular flexibility index (Phi) is 3.66. The number of rotatable bonds is 4. The van der Waals surface area contributed by atoms with Crippen LogP contribution in [-0.2, 0) is 14.4 Å². The fourth-order valence-corrected chi connectivity index (χ4v) is 3.37. The Morgan fingerprint density at radius 1 is 1.53 bits per heavy atom. The summed E-state index contributed by atoms with van der Waals surface area (Å²) >= 11 is 1.20. The second-order valence-electron chi connectivity index (χ2n) is 4.38. The Labute approximate surface area is 114 Å². The first-order valence-corrected chi connectivity index (χ1v) is 6.79. The number of fused-ring (bicyclic) bond motifs is 1. The van der Waals surface area contributed by atoms with Gasteiger partial charge in [-0.2, -0.15) is 0 Å². The van der Waals surface area contributed by atoms with E-state index in [1.165, 1.54) is 17.8 Å². The average molecular weight is 282 g/mol. The van der Waals surface area contributed by atoms with Crippen molar-refractivity contribution in [3.8, 4) is 0 Å². The minimum atomic E-state index is -1.29. The number of carboxylic acids is 1. The Bertz CT molecular complexity index is 524. The number of carbonyl (C=O) groups excluding carboxylic acids is 2. The minimum Gasteiger partial charge on any atom is -0.478 e. The van der Waals surface area contributed by atoms with Crippen molar-refractivity contribution in [2.24, 2.45) is 11.7 Å². The van der Waals surface area contributed by atoms with Crippen LogP contribution >= 0.6 is 11.8 Å². The van der Waals surface area contributed by atoms with Gasteiger partial charge >= 0.3 is 5.97 Å². The van der Waals surface area contributed by atoms with Gasteiger partial charge in [-0.3, -0.25) is 9.59 Å². The molecule has 4 N–H and O–H groups in total. The number of carboxylic acid groups (broad SMARTS) is 1. The molecule has 0 saturated carbocycles. The van der Waals surface area contributed by atoms with Crippen molar-refractivity contribution in [3.63, 3.8) is 0 Å². The molecule has 2 atom stereocenters. The normalized spacial score (nSPS) is 25.7. The van der Waals surface area contributed by atoms with Crippen molar-refractivity contribution in [2.45, 2.75) is 25.1 Å². The third-order valence-electron chi connectivity index (χ3n) is 3.02. The first-order valence-electron chi connectivity index (χ1n) is 5.91. The van der Waals surface area contributed by atoms with Gasteiger partial charge in [0.2, 0.25) is 0 Å². The van der Waals surface area contributed by atoms with E-state index in [9.17, 15) is 14.4 Å². The van der Waals surface area contributed by atoms with Gasteiger partial charge in [-0.25, -0.2) is 4.79 Å². The summed E-state index contributed by atoms with van der Waals surface area (Å²) in [5, 5.41) is 11.1. The average Bonchev–Trinajstić information content (AvgIpc) is 2.65. The summed E-state index contributed by atoms with van der Waals surface area (Å²) in [4.78, 5) is 34.8. The van der Waals surface area contributed by atoms with Crippen molar-refractivity contribution in [1.82, 2.24) is 5.32 Å². The number of thioether (sulfide) groups is 1. The summed E-state index contributed by atoms with van der Waals surface area (Å²) in [6, 6.07) is 0. The van der Waals surface area contributed by atoms with Crippen molar-refractivity contribution < 1.29 is 19.5 Å². The largest absolute Gasteiger partial charge is 0.478 e. The zero-order chi connectivity index (χ0) is 14.2. The third kappa shape index (κ3) is 2.37. The molecule has 2 aliphatic rings. The fourth-order valence-electron chi connectivity index (χ4n) is 2.08. The van der Waals surface area contributed by atoms with Gasteiger partial charge in [-0.1, -0.05) is 24.8 Å². The van der Waals surface area contributed by atoms with Crippen molar-refractivity contribution >= 4 is 29.4 Å². The molecule has 2 aliphatic heterocycles. The van der Waals surface area contributed by atoms with E-state index < -0.39 is 17.8 Å². The summed E-state index contributed by atoms with van der Waals surface area (Å²) < 4.78 is 0. The number of nitrogens with one attached hydrogen (secondary N) is 1. The van der Waals surface area contributed by atoms with Gasteiger partial charge in [0.15, 0.2) is 5.78 Å². The highest BCUT2D eigenvalue weighted by atomic mass is 32.2.